The van der Waals surface area contributed by atoms with Crippen molar-refractivity contribution in [2.45, 2.75) is 47.0 Å². The zero-order valence-electron chi connectivity index (χ0n) is 9.01. The fraction of sp³-hybridized carbons (Fsp3) is 0.909. The Labute approximate surface area is 77.3 Å². The van der Waals surface area contributed by atoms with Gasteiger partial charge in [0.05, 0.1) is 0 Å². The number of rotatable bonds is 6. The first kappa shape index (κ1) is 11.7. The Morgan fingerprint density at radius 3 is 2.42 bits per heavy atom. The Morgan fingerprint density at radius 2 is 2.00 bits per heavy atom. The fourth-order valence-corrected chi connectivity index (χ4v) is 1.50. The van der Waals surface area contributed by atoms with E-state index in [2.05, 4.69) is 25.8 Å². The maximum absolute atomic E-state index is 4.33. The van der Waals surface area contributed by atoms with E-state index in [1.807, 2.05) is 13.1 Å². The first-order valence-electron chi connectivity index (χ1n) is 5.20. The third-order valence-corrected chi connectivity index (χ3v) is 2.63. The molecule has 0 aliphatic rings. The molecule has 0 heterocycles. The minimum atomic E-state index is 0.802. The van der Waals surface area contributed by atoms with Crippen LogP contribution >= 0.6 is 0 Å². The summed E-state index contributed by atoms with van der Waals surface area (Å²) >= 11 is 0. The van der Waals surface area contributed by atoms with E-state index in [1.165, 1.54) is 19.3 Å². The van der Waals surface area contributed by atoms with Crippen molar-refractivity contribution in [2.75, 3.05) is 6.54 Å². The smallest absolute Gasteiger partial charge is 0.0416 e. The van der Waals surface area contributed by atoms with E-state index in [-0.39, 0.29) is 0 Å². The zero-order chi connectivity index (χ0) is 9.40. The lowest BCUT2D eigenvalue weighted by molar-refractivity contribution is 0.334. The fourth-order valence-electron chi connectivity index (χ4n) is 1.50. The lowest BCUT2D eigenvalue weighted by Crippen LogP contribution is -2.14. The molecule has 2 unspecified atom stereocenters. The highest BCUT2D eigenvalue weighted by atomic mass is 14.7. The lowest BCUT2D eigenvalue weighted by Gasteiger charge is -2.20. The summed E-state index contributed by atoms with van der Waals surface area (Å²) in [6, 6.07) is 0. The third-order valence-electron chi connectivity index (χ3n) is 2.63. The SMILES string of the molecule is C/C=N\CC(CCC)C(C)CC. The van der Waals surface area contributed by atoms with Crippen LogP contribution in [0.3, 0.4) is 0 Å². The minimum absolute atomic E-state index is 0.802. The van der Waals surface area contributed by atoms with E-state index in [9.17, 15) is 0 Å². The molecular formula is C11H23N. The molecule has 0 amide bonds. The molecule has 0 fully saturated rings. The zero-order valence-corrected chi connectivity index (χ0v) is 9.01. The van der Waals surface area contributed by atoms with Crippen LogP contribution in [0.4, 0.5) is 0 Å². The van der Waals surface area contributed by atoms with Gasteiger partial charge in [0.2, 0.25) is 0 Å². The molecule has 0 N–H and O–H groups in total. The normalized spacial score (nSPS) is 16.7. The van der Waals surface area contributed by atoms with Gasteiger partial charge in [-0.25, -0.2) is 0 Å². The first-order chi connectivity index (χ1) is 5.76. The molecule has 2 atom stereocenters. The van der Waals surface area contributed by atoms with Crippen LogP contribution in [-0.2, 0) is 0 Å². The van der Waals surface area contributed by atoms with Crippen LogP contribution in [0, 0.1) is 11.8 Å². The highest BCUT2D eigenvalue weighted by Crippen LogP contribution is 2.20. The molecule has 0 saturated carbocycles. The van der Waals surface area contributed by atoms with Crippen LogP contribution in [0.15, 0.2) is 4.99 Å². The lowest BCUT2D eigenvalue weighted by atomic mass is 9.88. The van der Waals surface area contributed by atoms with Crippen molar-refractivity contribution < 1.29 is 0 Å². The standard InChI is InChI=1S/C11H23N/c1-5-8-11(9-12-7-3)10(4)6-2/h7,10-11H,5-6,8-9H2,1-4H3/b12-7-. The van der Waals surface area contributed by atoms with Crippen molar-refractivity contribution in [1.29, 1.82) is 0 Å². The number of hydrogen-bond acceptors (Lipinski definition) is 1. The predicted molar refractivity (Wildman–Crippen MR) is 56.9 cm³/mol. The molecule has 1 heteroatoms. The largest absolute Gasteiger partial charge is 0.298 e. The van der Waals surface area contributed by atoms with Crippen LogP contribution in [0.25, 0.3) is 0 Å². The maximum atomic E-state index is 4.33. The summed E-state index contributed by atoms with van der Waals surface area (Å²) in [5.74, 6) is 1.63. The maximum Gasteiger partial charge on any atom is 0.0416 e. The molecule has 0 aromatic carbocycles. The summed E-state index contributed by atoms with van der Waals surface area (Å²) in [4.78, 5) is 4.33. The van der Waals surface area contributed by atoms with E-state index < -0.39 is 0 Å². The van der Waals surface area contributed by atoms with Crippen molar-refractivity contribution in [3.05, 3.63) is 0 Å². The molecule has 0 aromatic heterocycles. The summed E-state index contributed by atoms with van der Waals surface area (Å²) in [5, 5.41) is 0. The van der Waals surface area contributed by atoms with E-state index in [0.29, 0.717) is 0 Å². The van der Waals surface area contributed by atoms with Gasteiger partial charge in [0.1, 0.15) is 0 Å². The minimum Gasteiger partial charge on any atom is -0.298 e. The van der Waals surface area contributed by atoms with Crippen molar-refractivity contribution in [1.82, 2.24) is 0 Å². The molecule has 0 rings (SSSR count). The molecular weight excluding hydrogens is 146 g/mol. The summed E-state index contributed by atoms with van der Waals surface area (Å²) in [6.07, 6.45) is 5.82. The van der Waals surface area contributed by atoms with E-state index in [4.69, 9.17) is 0 Å². The summed E-state index contributed by atoms with van der Waals surface area (Å²) in [7, 11) is 0. The monoisotopic (exact) mass is 169 g/mol. The van der Waals surface area contributed by atoms with Gasteiger partial charge in [-0.15, -0.1) is 0 Å². The van der Waals surface area contributed by atoms with Gasteiger partial charge < -0.3 is 0 Å². The highest BCUT2D eigenvalue weighted by molar-refractivity contribution is 5.53. The van der Waals surface area contributed by atoms with Gasteiger partial charge in [0, 0.05) is 6.54 Å². The Kier molecular flexibility index (Phi) is 7.12. The third kappa shape index (κ3) is 4.53. The Bertz CT molecular complexity index is 118. The van der Waals surface area contributed by atoms with E-state index in [1.54, 1.807) is 0 Å². The molecule has 0 bridgehead atoms. The molecule has 1 nitrogen and oxygen atoms in total. The summed E-state index contributed by atoms with van der Waals surface area (Å²) < 4.78 is 0. The van der Waals surface area contributed by atoms with Crippen LogP contribution in [-0.4, -0.2) is 12.8 Å². The van der Waals surface area contributed by atoms with E-state index >= 15 is 0 Å². The Morgan fingerprint density at radius 1 is 1.33 bits per heavy atom. The van der Waals surface area contributed by atoms with Crippen molar-refractivity contribution in [3.63, 3.8) is 0 Å². The second-order valence-corrected chi connectivity index (χ2v) is 3.56. The second kappa shape index (κ2) is 7.33. The van der Waals surface area contributed by atoms with Crippen molar-refractivity contribution in [2.24, 2.45) is 16.8 Å². The average molecular weight is 169 g/mol. The quantitative estimate of drug-likeness (QED) is 0.539. The van der Waals surface area contributed by atoms with Gasteiger partial charge >= 0.3 is 0 Å². The van der Waals surface area contributed by atoms with Gasteiger partial charge in [0.25, 0.3) is 0 Å². The van der Waals surface area contributed by atoms with Gasteiger partial charge in [0.15, 0.2) is 0 Å². The van der Waals surface area contributed by atoms with Crippen LogP contribution in [0.5, 0.6) is 0 Å². The van der Waals surface area contributed by atoms with Gasteiger partial charge in [-0.2, -0.15) is 0 Å². The Balaban J connectivity index is 3.84. The van der Waals surface area contributed by atoms with Crippen molar-refractivity contribution >= 4 is 6.21 Å². The van der Waals surface area contributed by atoms with Gasteiger partial charge in [-0.1, -0.05) is 33.6 Å². The topological polar surface area (TPSA) is 12.4 Å². The average Bonchev–Trinajstić information content (AvgIpc) is 2.11. The molecule has 12 heavy (non-hydrogen) atoms. The predicted octanol–water partition coefficient (Wildman–Crippen LogP) is 3.54. The Hall–Kier alpha value is -0.330. The van der Waals surface area contributed by atoms with Crippen LogP contribution in [0.2, 0.25) is 0 Å². The molecule has 0 radical (unpaired) electrons. The summed E-state index contributed by atoms with van der Waals surface area (Å²) in [6.45, 7) is 9.89. The molecule has 0 saturated heterocycles. The number of aliphatic imine (C=N–C) groups is 1. The van der Waals surface area contributed by atoms with Crippen molar-refractivity contribution in [3.8, 4) is 0 Å². The van der Waals surface area contributed by atoms with Crippen LogP contribution < -0.4 is 0 Å². The number of nitrogens with zero attached hydrogens (tertiary/aromatic N) is 1. The van der Waals surface area contributed by atoms with Gasteiger partial charge in [-0.3, -0.25) is 4.99 Å². The molecule has 0 aromatic rings. The molecule has 0 aliphatic carbocycles. The molecule has 72 valence electrons. The van der Waals surface area contributed by atoms with E-state index in [0.717, 1.165) is 18.4 Å². The second-order valence-electron chi connectivity index (χ2n) is 3.56. The van der Waals surface area contributed by atoms with Gasteiger partial charge in [-0.05, 0) is 31.4 Å². The molecule has 0 aliphatic heterocycles. The van der Waals surface area contributed by atoms with Crippen LogP contribution in [0.1, 0.15) is 47.0 Å². The summed E-state index contributed by atoms with van der Waals surface area (Å²) in [5.41, 5.74) is 0. The molecule has 0 spiro atoms. The number of hydrogen-bond donors (Lipinski definition) is 0. The highest BCUT2D eigenvalue weighted by Gasteiger charge is 2.13. The first-order valence-corrected chi connectivity index (χ1v) is 5.20.